The number of rotatable bonds is 6. The van der Waals surface area contributed by atoms with Gasteiger partial charge in [-0.1, -0.05) is 57.2 Å². The average molecular weight is 433 g/mol. The van der Waals surface area contributed by atoms with Gasteiger partial charge in [-0.3, -0.25) is 9.59 Å². The van der Waals surface area contributed by atoms with E-state index in [2.05, 4.69) is 32.2 Å². The maximum atomic E-state index is 13.7. The molecule has 1 aromatic heterocycles. The van der Waals surface area contributed by atoms with E-state index in [9.17, 15) is 9.59 Å². The van der Waals surface area contributed by atoms with Gasteiger partial charge in [-0.2, -0.15) is 0 Å². The van der Waals surface area contributed by atoms with Crippen LogP contribution in [0.3, 0.4) is 0 Å². The van der Waals surface area contributed by atoms with Crippen molar-refractivity contribution in [3.8, 4) is 0 Å². The summed E-state index contributed by atoms with van der Waals surface area (Å²) < 4.78 is 0. The van der Waals surface area contributed by atoms with Crippen LogP contribution < -0.4 is 5.32 Å². The summed E-state index contributed by atoms with van der Waals surface area (Å²) in [5, 5.41) is 5.14. The molecule has 0 fully saturated rings. The lowest BCUT2D eigenvalue weighted by molar-refractivity contribution is -0.119. The molecule has 4 nitrogen and oxygen atoms in total. The van der Waals surface area contributed by atoms with Gasteiger partial charge in [0.25, 0.3) is 5.91 Å². The van der Waals surface area contributed by atoms with Crippen LogP contribution in [0.25, 0.3) is 0 Å². The Morgan fingerprint density at radius 3 is 2.61 bits per heavy atom. The summed E-state index contributed by atoms with van der Waals surface area (Å²) in [6.07, 6.45) is 0.907. The zero-order valence-corrected chi connectivity index (χ0v) is 19.0. The number of hydrogen-bond acceptors (Lipinski definition) is 3. The second-order valence-corrected chi connectivity index (χ2v) is 9.40. The first-order valence-corrected chi connectivity index (χ1v) is 11.7. The fourth-order valence-electron chi connectivity index (χ4n) is 4.33. The lowest BCUT2D eigenvalue weighted by Crippen LogP contribution is -2.47. The van der Waals surface area contributed by atoms with Crippen LogP contribution in [0.15, 0.2) is 66.0 Å². The lowest BCUT2D eigenvalue weighted by Gasteiger charge is -2.42. The molecule has 3 aromatic rings. The smallest absolute Gasteiger partial charge is 0.254 e. The Hall–Kier alpha value is -2.92. The first kappa shape index (κ1) is 21.3. The van der Waals surface area contributed by atoms with E-state index in [0.29, 0.717) is 18.0 Å². The Bertz CT molecular complexity index is 1070. The molecule has 1 N–H and O–H groups in total. The Morgan fingerprint density at radius 2 is 1.90 bits per heavy atom. The molecule has 31 heavy (non-hydrogen) atoms. The van der Waals surface area contributed by atoms with Crippen LogP contribution in [-0.4, -0.2) is 23.3 Å². The quantitative estimate of drug-likeness (QED) is 0.528. The minimum atomic E-state index is -0.475. The predicted molar refractivity (Wildman–Crippen MR) is 127 cm³/mol. The van der Waals surface area contributed by atoms with Gasteiger partial charge in [0.2, 0.25) is 5.91 Å². The first-order valence-electron chi connectivity index (χ1n) is 10.8. The highest BCUT2D eigenvalue weighted by Gasteiger charge is 2.44. The molecule has 0 saturated carbocycles. The number of nitrogens with zero attached hydrogens (tertiary/aromatic N) is 1. The number of carbonyl (C=O) groups excluding carboxylic acids is 2. The molecule has 1 aliphatic heterocycles. The molecule has 5 heteroatoms. The van der Waals surface area contributed by atoms with Crippen molar-refractivity contribution in [2.45, 2.75) is 39.2 Å². The van der Waals surface area contributed by atoms with E-state index in [0.717, 1.165) is 22.5 Å². The van der Waals surface area contributed by atoms with E-state index >= 15 is 0 Å². The van der Waals surface area contributed by atoms with Gasteiger partial charge in [-0.25, -0.2) is 0 Å². The monoisotopic (exact) mass is 432 g/mol. The summed E-state index contributed by atoms with van der Waals surface area (Å²) >= 11 is 1.60. The van der Waals surface area contributed by atoms with Crippen LogP contribution in [-0.2, 0) is 11.2 Å². The number of fused-ring (bicyclic) bond motifs is 1. The minimum absolute atomic E-state index is 0.000250. The molecule has 2 aromatic carbocycles. The van der Waals surface area contributed by atoms with Gasteiger partial charge < -0.3 is 10.2 Å². The fraction of sp³-hybridized carbons (Fsp3) is 0.308. The topological polar surface area (TPSA) is 49.4 Å². The van der Waals surface area contributed by atoms with Crippen molar-refractivity contribution in [2.24, 2.45) is 5.92 Å². The van der Waals surface area contributed by atoms with Gasteiger partial charge in [0.05, 0.1) is 12.0 Å². The molecule has 4 rings (SSSR count). The van der Waals surface area contributed by atoms with Crippen LogP contribution in [0.1, 0.15) is 59.1 Å². The predicted octanol–water partition coefficient (Wildman–Crippen LogP) is 5.89. The van der Waals surface area contributed by atoms with Crippen molar-refractivity contribution in [1.82, 2.24) is 4.90 Å². The third-order valence-corrected chi connectivity index (χ3v) is 6.66. The van der Waals surface area contributed by atoms with Crippen molar-refractivity contribution in [3.63, 3.8) is 0 Å². The molecule has 160 valence electrons. The van der Waals surface area contributed by atoms with Crippen molar-refractivity contribution in [2.75, 3.05) is 11.9 Å². The van der Waals surface area contributed by atoms with Gasteiger partial charge in [0.15, 0.2) is 0 Å². The molecule has 2 atom stereocenters. The standard InChI is InChI=1S/C26H28N2O2S/c1-4-18-9-7-10-19(15-18)27-25(29)23-20-11-5-6-12-21(20)26(30)28(16-17(2)3)24(23)22-13-8-14-31-22/h5-15,17,23-24H,4,16H2,1-3H3,(H,27,29)/t23-,24+/m1/s1. The second-order valence-electron chi connectivity index (χ2n) is 8.42. The fourth-order valence-corrected chi connectivity index (χ4v) is 5.21. The number of hydrogen-bond donors (Lipinski definition) is 1. The highest BCUT2D eigenvalue weighted by atomic mass is 32.1. The van der Waals surface area contributed by atoms with E-state index in [1.54, 1.807) is 11.3 Å². The van der Waals surface area contributed by atoms with E-state index in [1.807, 2.05) is 64.9 Å². The van der Waals surface area contributed by atoms with E-state index in [4.69, 9.17) is 0 Å². The molecule has 0 saturated heterocycles. The molecule has 2 amide bonds. The van der Waals surface area contributed by atoms with Crippen LogP contribution in [0.2, 0.25) is 0 Å². The van der Waals surface area contributed by atoms with E-state index < -0.39 is 5.92 Å². The van der Waals surface area contributed by atoms with Crippen LogP contribution in [0.4, 0.5) is 5.69 Å². The zero-order valence-electron chi connectivity index (χ0n) is 18.2. The molecule has 0 aliphatic carbocycles. The normalized spacial score (nSPS) is 18.2. The molecule has 1 aliphatic rings. The minimum Gasteiger partial charge on any atom is -0.329 e. The van der Waals surface area contributed by atoms with Crippen LogP contribution >= 0.6 is 11.3 Å². The van der Waals surface area contributed by atoms with E-state index in [1.165, 1.54) is 5.56 Å². The summed E-state index contributed by atoms with van der Waals surface area (Å²) in [5.41, 5.74) is 3.39. The summed E-state index contributed by atoms with van der Waals surface area (Å²) in [7, 11) is 0. The van der Waals surface area contributed by atoms with Crippen LogP contribution in [0.5, 0.6) is 0 Å². The Labute approximate surface area is 187 Å². The third-order valence-electron chi connectivity index (χ3n) is 5.72. The molecular formula is C26H28N2O2S. The van der Waals surface area contributed by atoms with Gasteiger partial charge >= 0.3 is 0 Å². The number of anilines is 1. The Morgan fingerprint density at radius 1 is 1.10 bits per heavy atom. The lowest BCUT2D eigenvalue weighted by atomic mass is 9.81. The second kappa shape index (κ2) is 9.06. The SMILES string of the molecule is CCc1cccc(NC(=O)[C@@H]2c3ccccc3C(=O)N(CC(C)C)[C@H]2c2cccs2)c1. The highest BCUT2D eigenvalue weighted by Crippen LogP contribution is 2.45. The van der Waals surface area contributed by atoms with Crippen molar-refractivity contribution < 1.29 is 9.59 Å². The maximum Gasteiger partial charge on any atom is 0.254 e. The summed E-state index contributed by atoms with van der Waals surface area (Å²) in [4.78, 5) is 30.1. The van der Waals surface area contributed by atoms with Gasteiger partial charge in [0.1, 0.15) is 0 Å². The molecule has 0 bridgehead atoms. The van der Waals surface area contributed by atoms with Crippen molar-refractivity contribution in [3.05, 3.63) is 87.6 Å². The number of carbonyl (C=O) groups is 2. The van der Waals surface area contributed by atoms with Crippen molar-refractivity contribution >= 4 is 28.8 Å². The molecule has 2 heterocycles. The van der Waals surface area contributed by atoms with Gasteiger partial charge in [-0.15, -0.1) is 11.3 Å². The highest BCUT2D eigenvalue weighted by molar-refractivity contribution is 7.10. The van der Waals surface area contributed by atoms with Crippen LogP contribution in [0, 0.1) is 5.92 Å². The van der Waals surface area contributed by atoms with Gasteiger partial charge in [0, 0.05) is 22.7 Å². The Kier molecular flexibility index (Phi) is 6.23. The summed E-state index contributed by atoms with van der Waals surface area (Å²) in [6, 6.07) is 19.2. The van der Waals surface area contributed by atoms with Gasteiger partial charge in [-0.05, 0) is 53.1 Å². The molecule has 0 unspecified atom stereocenters. The Balaban J connectivity index is 1.80. The van der Waals surface area contributed by atoms with E-state index in [-0.39, 0.29) is 17.9 Å². The number of thiophene rings is 1. The molecule has 0 spiro atoms. The number of amides is 2. The summed E-state index contributed by atoms with van der Waals surface area (Å²) in [6.45, 7) is 6.90. The summed E-state index contributed by atoms with van der Waals surface area (Å²) in [5.74, 6) is -0.265. The number of nitrogens with one attached hydrogen (secondary N) is 1. The largest absolute Gasteiger partial charge is 0.329 e. The zero-order chi connectivity index (χ0) is 22.0. The third kappa shape index (κ3) is 4.28. The number of aryl methyl sites for hydroxylation is 1. The number of benzene rings is 2. The average Bonchev–Trinajstić information content (AvgIpc) is 3.29. The van der Waals surface area contributed by atoms with Crippen molar-refractivity contribution in [1.29, 1.82) is 0 Å². The maximum absolute atomic E-state index is 13.7. The first-order chi connectivity index (χ1) is 15.0. The molecular weight excluding hydrogens is 404 g/mol. The molecule has 0 radical (unpaired) electrons.